The summed E-state index contributed by atoms with van der Waals surface area (Å²) in [7, 11) is 3.63. The molecule has 0 amide bonds. The fraction of sp³-hybridized carbons (Fsp3) is 0.615. The number of ether oxygens (including phenoxy) is 2. The van der Waals surface area contributed by atoms with Crippen molar-refractivity contribution < 1.29 is 9.47 Å². The van der Waals surface area contributed by atoms with Crippen molar-refractivity contribution in [2.75, 3.05) is 34.0 Å². The van der Waals surface area contributed by atoms with Gasteiger partial charge in [0, 0.05) is 32.2 Å². The number of likely N-dealkylation sites (N-methyl/N-ethyl adjacent to an activating group) is 1. The van der Waals surface area contributed by atoms with Crippen LogP contribution in [0, 0.1) is 0 Å². The molecule has 1 heterocycles. The van der Waals surface area contributed by atoms with Gasteiger partial charge in [-0.05, 0) is 31.5 Å². The van der Waals surface area contributed by atoms with Gasteiger partial charge in [0.2, 0.25) is 0 Å². The number of methoxy groups -OCH3 is 1. The van der Waals surface area contributed by atoms with Crippen LogP contribution in [-0.4, -0.2) is 45.0 Å². The van der Waals surface area contributed by atoms with Gasteiger partial charge >= 0.3 is 0 Å². The Hall–Kier alpha value is -0.680. The molecule has 1 unspecified atom stereocenters. The molecule has 0 fully saturated rings. The molecule has 0 spiro atoms. The standard InChI is InChI=1S/C13H21ClN2O2/c1-15-12(4-6-18-8-7-17-2)9-11-3-5-16-10-13(11)14/h3,5,10,12,15H,4,6-9H2,1-2H3. The van der Waals surface area contributed by atoms with Crippen LogP contribution in [0.25, 0.3) is 0 Å². The Bertz CT molecular complexity index is 337. The molecule has 4 nitrogen and oxygen atoms in total. The van der Waals surface area contributed by atoms with Gasteiger partial charge in [-0.1, -0.05) is 11.6 Å². The number of nitrogens with one attached hydrogen (secondary N) is 1. The van der Waals surface area contributed by atoms with Crippen molar-refractivity contribution in [3.05, 3.63) is 29.0 Å². The second-order valence-electron chi connectivity index (χ2n) is 4.05. The van der Waals surface area contributed by atoms with Gasteiger partial charge in [0.1, 0.15) is 0 Å². The lowest BCUT2D eigenvalue weighted by atomic mass is 10.1. The van der Waals surface area contributed by atoms with E-state index in [1.54, 1.807) is 19.5 Å². The minimum atomic E-state index is 0.354. The zero-order valence-electron chi connectivity index (χ0n) is 11.0. The molecule has 1 aromatic rings. The third-order valence-corrected chi connectivity index (χ3v) is 3.11. The van der Waals surface area contributed by atoms with E-state index in [0.717, 1.165) is 30.0 Å². The quantitative estimate of drug-likeness (QED) is 0.698. The summed E-state index contributed by atoms with van der Waals surface area (Å²) in [6.45, 7) is 2.00. The van der Waals surface area contributed by atoms with Crippen LogP contribution < -0.4 is 5.32 Å². The van der Waals surface area contributed by atoms with Crippen LogP contribution in [0.2, 0.25) is 5.02 Å². The predicted octanol–water partition coefficient (Wildman–Crippen LogP) is 1.92. The first-order valence-corrected chi connectivity index (χ1v) is 6.48. The lowest BCUT2D eigenvalue weighted by molar-refractivity contribution is 0.0661. The van der Waals surface area contributed by atoms with Crippen molar-refractivity contribution in [1.29, 1.82) is 0 Å². The van der Waals surface area contributed by atoms with E-state index in [4.69, 9.17) is 21.1 Å². The fourth-order valence-corrected chi connectivity index (χ4v) is 1.85. The molecule has 1 aromatic heterocycles. The fourth-order valence-electron chi connectivity index (χ4n) is 1.65. The van der Waals surface area contributed by atoms with Crippen molar-refractivity contribution in [2.24, 2.45) is 0 Å². The van der Waals surface area contributed by atoms with E-state index in [1.165, 1.54) is 0 Å². The molecule has 5 heteroatoms. The third kappa shape index (κ3) is 5.78. The molecule has 0 aromatic carbocycles. The lowest BCUT2D eigenvalue weighted by Crippen LogP contribution is -2.29. The van der Waals surface area contributed by atoms with Crippen molar-refractivity contribution in [2.45, 2.75) is 18.9 Å². The van der Waals surface area contributed by atoms with Crippen LogP contribution in [0.4, 0.5) is 0 Å². The van der Waals surface area contributed by atoms with E-state index in [2.05, 4.69) is 10.3 Å². The summed E-state index contributed by atoms with van der Waals surface area (Å²) in [6.07, 6.45) is 5.27. The molecule has 0 saturated carbocycles. The molecule has 18 heavy (non-hydrogen) atoms. The Kier molecular flexibility index (Phi) is 7.93. The van der Waals surface area contributed by atoms with Crippen molar-refractivity contribution >= 4 is 11.6 Å². The summed E-state index contributed by atoms with van der Waals surface area (Å²) in [5.74, 6) is 0. The van der Waals surface area contributed by atoms with Gasteiger partial charge < -0.3 is 14.8 Å². The molecule has 1 rings (SSSR count). The first-order valence-electron chi connectivity index (χ1n) is 6.10. The van der Waals surface area contributed by atoms with E-state index >= 15 is 0 Å². The van der Waals surface area contributed by atoms with Gasteiger partial charge in [0.05, 0.1) is 18.2 Å². The van der Waals surface area contributed by atoms with Gasteiger partial charge in [-0.25, -0.2) is 0 Å². The van der Waals surface area contributed by atoms with E-state index in [9.17, 15) is 0 Å². The van der Waals surface area contributed by atoms with Gasteiger partial charge in [-0.2, -0.15) is 0 Å². The highest BCUT2D eigenvalue weighted by molar-refractivity contribution is 6.31. The topological polar surface area (TPSA) is 43.4 Å². The highest BCUT2D eigenvalue weighted by Crippen LogP contribution is 2.16. The number of pyridine rings is 1. The molecule has 0 aliphatic heterocycles. The van der Waals surface area contributed by atoms with Crippen molar-refractivity contribution in [3.8, 4) is 0 Å². The normalized spacial score (nSPS) is 12.6. The smallest absolute Gasteiger partial charge is 0.0700 e. The zero-order chi connectivity index (χ0) is 13.2. The summed E-state index contributed by atoms with van der Waals surface area (Å²) >= 11 is 6.09. The first kappa shape index (κ1) is 15.4. The minimum absolute atomic E-state index is 0.354. The van der Waals surface area contributed by atoms with E-state index < -0.39 is 0 Å². The average Bonchev–Trinajstić information content (AvgIpc) is 2.39. The second kappa shape index (κ2) is 9.28. The average molecular weight is 273 g/mol. The SMILES string of the molecule is CNC(CCOCCOC)Cc1ccncc1Cl. The van der Waals surface area contributed by atoms with Crippen LogP contribution in [0.3, 0.4) is 0 Å². The van der Waals surface area contributed by atoms with Crippen LogP contribution in [-0.2, 0) is 15.9 Å². The number of hydrogen-bond donors (Lipinski definition) is 1. The molecular formula is C13H21ClN2O2. The van der Waals surface area contributed by atoms with E-state index in [0.29, 0.717) is 19.3 Å². The maximum absolute atomic E-state index is 6.09. The summed E-state index contributed by atoms with van der Waals surface area (Å²) in [6, 6.07) is 2.31. The van der Waals surface area contributed by atoms with E-state index in [-0.39, 0.29) is 0 Å². The summed E-state index contributed by atoms with van der Waals surface area (Å²) in [5, 5.41) is 4.00. The number of rotatable bonds is 9. The summed E-state index contributed by atoms with van der Waals surface area (Å²) < 4.78 is 10.4. The van der Waals surface area contributed by atoms with Crippen LogP contribution in [0.5, 0.6) is 0 Å². The Morgan fingerprint density at radius 3 is 2.89 bits per heavy atom. The zero-order valence-corrected chi connectivity index (χ0v) is 11.7. The monoisotopic (exact) mass is 272 g/mol. The highest BCUT2D eigenvalue weighted by Gasteiger charge is 2.09. The minimum Gasteiger partial charge on any atom is -0.382 e. The van der Waals surface area contributed by atoms with Crippen molar-refractivity contribution in [1.82, 2.24) is 10.3 Å². The largest absolute Gasteiger partial charge is 0.382 e. The number of hydrogen-bond acceptors (Lipinski definition) is 4. The van der Waals surface area contributed by atoms with Crippen LogP contribution in [0.1, 0.15) is 12.0 Å². The Morgan fingerprint density at radius 2 is 2.22 bits per heavy atom. The first-order chi connectivity index (χ1) is 8.77. The molecule has 0 aliphatic carbocycles. The van der Waals surface area contributed by atoms with Gasteiger partial charge in [0.15, 0.2) is 0 Å². The summed E-state index contributed by atoms with van der Waals surface area (Å²) in [4.78, 5) is 3.98. The Balaban J connectivity index is 2.31. The van der Waals surface area contributed by atoms with Crippen LogP contribution in [0.15, 0.2) is 18.5 Å². The number of halogens is 1. The Labute approximate surface area is 114 Å². The molecule has 1 atom stereocenters. The summed E-state index contributed by atoms with van der Waals surface area (Å²) in [5.41, 5.74) is 1.11. The highest BCUT2D eigenvalue weighted by atomic mass is 35.5. The molecule has 0 bridgehead atoms. The van der Waals surface area contributed by atoms with E-state index in [1.807, 2.05) is 13.1 Å². The van der Waals surface area contributed by atoms with Gasteiger partial charge in [-0.15, -0.1) is 0 Å². The number of aromatic nitrogens is 1. The third-order valence-electron chi connectivity index (χ3n) is 2.77. The molecule has 0 aliphatic rings. The molecule has 0 radical (unpaired) electrons. The van der Waals surface area contributed by atoms with Gasteiger partial charge in [-0.3, -0.25) is 4.98 Å². The Morgan fingerprint density at radius 1 is 1.39 bits per heavy atom. The van der Waals surface area contributed by atoms with Crippen LogP contribution >= 0.6 is 11.6 Å². The predicted molar refractivity (Wildman–Crippen MR) is 73.1 cm³/mol. The molecule has 1 N–H and O–H groups in total. The molecular weight excluding hydrogens is 252 g/mol. The number of nitrogens with zero attached hydrogens (tertiary/aromatic N) is 1. The molecule has 0 saturated heterocycles. The van der Waals surface area contributed by atoms with Gasteiger partial charge in [0.25, 0.3) is 0 Å². The lowest BCUT2D eigenvalue weighted by Gasteiger charge is -2.16. The van der Waals surface area contributed by atoms with Crippen molar-refractivity contribution in [3.63, 3.8) is 0 Å². The maximum Gasteiger partial charge on any atom is 0.0700 e. The second-order valence-corrected chi connectivity index (χ2v) is 4.46. The molecule has 102 valence electrons. The maximum atomic E-state index is 6.09.